The summed E-state index contributed by atoms with van der Waals surface area (Å²) in [6, 6.07) is 10.8. The van der Waals surface area contributed by atoms with Crippen LogP contribution in [-0.2, 0) is 6.42 Å². The Hall–Kier alpha value is -1.21. The van der Waals surface area contributed by atoms with Crippen molar-refractivity contribution in [2.75, 3.05) is 0 Å². The molecule has 0 amide bonds. The fourth-order valence-corrected chi connectivity index (χ4v) is 2.66. The summed E-state index contributed by atoms with van der Waals surface area (Å²) in [6.45, 7) is 0. The van der Waals surface area contributed by atoms with Crippen LogP contribution in [0.25, 0.3) is 16.8 Å². The van der Waals surface area contributed by atoms with Crippen molar-refractivity contribution in [3.63, 3.8) is 0 Å². The number of aryl methyl sites for hydroxylation is 1. The molecule has 1 aliphatic rings. The van der Waals surface area contributed by atoms with Crippen molar-refractivity contribution in [1.82, 2.24) is 0 Å². The normalized spacial score (nSPS) is 14.2. The second-order valence-electron chi connectivity index (χ2n) is 3.96. The molecule has 1 heteroatoms. The van der Waals surface area contributed by atoms with Crippen LogP contribution in [0.3, 0.4) is 0 Å². The monoisotopic (exact) mass is 212 g/mol. The van der Waals surface area contributed by atoms with E-state index in [0.29, 0.717) is 0 Å². The summed E-state index contributed by atoms with van der Waals surface area (Å²) >= 11 is 4.65. The smallest absolute Gasteiger partial charge is 0.0194 e. The number of allylic oxidation sites excluding steroid dienone is 1. The Bertz CT molecular complexity index is 553. The minimum atomic E-state index is 1.12. The highest BCUT2D eigenvalue weighted by atomic mass is 32.1. The molecule has 0 bridgehead atoms. The van der Waals surface area contributed by atoms with Gasteiger partial charge in [-0.1, -0.05) is 42.5 Å². The van der Waals surface area contributed by atoms with Crippen LogP contribution in [0.1, 0.15) is 17.5 Å². The molecule has 0 atom stereocenters. The molecule has 2 aromatic carbocycles. The third-order valence-electron chi connectivity index (χ3n) is 3.01. The van der Waals surface area contributed by atoms with Gasteiger partial charge in [-0.15, -0.1) is 12.6 Å². The summed E-state index contributed by atoms with van der Waals surface area (Å²) in [6.07, 6.45) is 6.73. The lowest BCUT2D eigenvalue weighted by atomic mass is 9.94. The predicted octanol–water partition coefficient (Wildman–Crippen LogP) is 4.09. The number of benzene rings is 2. The molecule has 0 radical (unpaired) electrons. The van der Waals surface area contributed by atoms with Crippen LogP contribution >= 0.6 is 12.6 Å². The zero-order valence-electron chi connectivity index (χ0n) is 8.40. The molecular weight excluding hydrogens is 200 g/mol. The maximum absolute atomic E-state index is 4.65. The first kappa shape index (κ1) is 9.05. The van der Waals surface area contributed by atoms with Crippen LogP contribution in [0.15, 0.2) is 41.3 Å². The van der Waals surface area contributed by atoms with E-state index >= 15 is 0 Å². The van der Waals surface area contributed by atoms with Crippen molar-refractivity contribution in [2.45, 2.75) is 17.7 Å². The molecule has 0 fully saturated rings. The summed E-state index contributed by atoms with van der Waals surface area (Å²) in [5, 5.41) is 2.56. The molecule has 0 unspecified atom stereocenters. The molecule has 3 rings (SSSR count). The van der Waals surface area contributed by atoms with Gasteiger partial charge in [0.1, 0.15) is 0 Å². The van der Waals surface area contributed by atoms with Crippen LogP contribution < -0.4 is 0 Å². The second kappa shape index (κ2) is 3.42. The molecule has 74 valence electrons. The lowest BCUT2D eigenvalue weighted by Gasteiger charge is -2.14. The number of rotatable bonds is 0. The van der Waals surface area contributed by atoms with Crippen LogP contribution in [0.4, 0.5) is 0 Å². The van der Waals surface area contributed by atoms with Gasteiger partial charge in [0, 0.05) is 4.90 Å². The van der Waals surface area contributed by atoms with E-state index in [0.717, 1.165) is 17.7 Å². The van der Waals surface area contributed by atoms with Gasteiger partial charge in [-0.25, -0.2) is 0 Å². The maximum Gasteiger partial charge on any atom is 0.0194 e. The summed E-state index contributed by atoms with van der Waals surface area (Å²) in [5.41, 5.74) is 2.74. The molecule has 0 aromatic heterocycles. The molecule has 0 saturated heterocycles. The van der Waals surface area contributed by atoms with Crippen molar-refractivity contribution in [1.29, 1.82) is 0 Å². The van der Waals surface area contributed by atoms with Gasteiger partial charge in [-0.3, -0.25) is 0 Å². The van der Waals surface area contributed by atoms with Gasteiger partial charge in [-0.05, 0) is 34.7 Å². The zero-order chi connectivity index (χ0) is 10.3. The van der Waals surface area contributed by atoms with Crippen molar-refractivity contribution < 1.29 is 0 Å². The van der Waals surface area contributed by atoms with Gasteiger partial charge in [0.2, 0.25) is 0 Å². The topological polar surface area (TPSA) is 0 Å². The van der Waals surface area contributed by atoms with E-state index < -0.39 is 0 Å². The number of fused-ring (bicyclic) bond motifs is 2. The Morgan fingerprint density at radius 1 is 1.13 bits per heavy atom. The Morgan fingerprint density at radius 3 is 2.93 bits per heavy atom. The van der Waals surface area contributed by atoms with Crippen molar-refractivity contribution >= 4 is 29.5 Å². The Kier molecular flexibility index (Phi) is 2.06. The Labute approximate surface area is 95.0 Å². The van der Waals surface area contributed by atoms with Crippen molar-refractivity contribution in [3.8, 4) is 0 Å². The minimum absolute atomic E-state index is 1.12. The Morgan fingerprint density at radius 2 is 2.00 bits per heavy atom. The lowest BCUT2D eigenvalue weighted by Crippen LogP contribution is -1.95. The lowest BCUT2D eigenvalue weighted by molar-refractivity contribution is 0.981. The fourth-order valence-electron chi connectivity index (χ4n) is 2.23. The van der Waals surface area contributed by atoms with Crippen molar-refractivity contribution in [2.24, 2.45) is 0 Å². The standard InChI is InChI=1S/C14H12S/c15-14-12-7-3-1-5-10(12)9-11-6-2-4-8-13(11)14/h1,3-5,7-9,15H,2,6H2. The number of hydrogen-bond acceptors (Lipinski definition) is 1. The molecule has 0 saturated carbocycles. The maximum atomic E-state index is 4.65. The third kappa shape index (κ3) is 1.38. The molecule has 0 spiro atoms. The highest BCUT2D eigenvalue weighted by Crippen LogP contribution is 2.32. The van der Waals surface area contributed by atoms with E-state index in [-0.39, 0.29) is 0 Å². The van der Waals surface area contributed by atoms with Crippen molar-refractivity contribution in [3.05, 3.63) is 47.5 Å². The van der Waals surface area contributed by atoms with Crippen LogP contribution in [0.5, 0.6) is 0 Å². The van der Waals surface area contributed by atoms with Gasteiger partial charge in [0.05, 0.1) is 0 Å². The Balaban J connectivity index is 2.42. The number of thiol groups is 1. The average Bonchev–Trinajstić information content (AvgIpc) is 2.30. The highest BCUT2D eigenvalue weighted by Gasteiger charge is 2.10. The first-order chi connectivity index (χ1) is 7.36. The molecule has 0 heterocycles. The second-order valence-corrected chi connectivity index (χ2v) is 4.41. The van der Waals surface area contributed by atoms with E-state index in [4.69, 9.17) is 0 Å². The van der Waals surface area contributed by atoms with Crippen LogP contribution in [0, 0.1) is 0 Å². The van der Waals surface area contributed by atoms with E-state index in [2.05, 4.69) is 55.1 Å². The van der Waals surface area contributed by atoms with Crippen LogP contribution in [0.2, 0.25) is 0 Å². The third-order valence-corrected chi connectivity index (χ3v) is 3.49. The molecule has 0 aliphatic heterocycles. The molecule has 0 N–H and O–H groups in total. The summed E-state index contributed by atoms with van der Waals surface area (Å²) in [7, 11) is 0. The van der Waals surface area contributed by atoms with Gasteiger partial charge < -0.3 is 0 Å². The average molecular weight is 212 g/mol. The van der Waals surface area contributed by atoms with Gasteiger partial charge >= 0.3 is 0 Å². The molecular formula is C14H12S. The minimum Gasteiger partial charge on any atom is -0.142 e. The summed E-state index contributed by atoms with van der Waals surface area (Å²) in [4.78, 5) is 1.12. The number of hydrogen-bond donors (Lipinski definition) is 1. The molecule has 2 aromatic rings. The summed E-state index contributed by atoms with van der Waals surface area (Å²) in [5.74, 6) is 0. The zero-order valence-corrected chi connectivity index (χ0v) is 9.30. The predicted molar refractivity (Wildman–Crippen MR) is 68.6 cm³/mol. The van der Waals surface area contributed by atoms with E-state index in [1.807, 2.05) is 0 Å². The molecule has 15 heavy (non-hydrogen) atoms. The SMILES string of the molecule is Sc1c2c(cc3ccccc13)CCC=C2. The van der Waals surface area contributed by atoms with E-state index in [9.17, 15) is 0 Å². The van der Waals surface area contributed by atoms with Gasteiger partial charge in [0.25, 0.3) is 0 Å². The van der Waals surface area contributed by atoms with Crippen LogP contribution in [-0.4, -0.2) is 0 Å². The van der Waals surface area contributed by atoms with E-state index in [1.165, 1.54) is 21.9 Å². The first-order valence-electron chi connectivity index (χ1n) is 5.26. The van der Waals surface area contributed by atoms with Gasteiger partial charge in [-0.2, -0.15) is 0 Å². The van der Waals surface area contributed by atoms with E-state index in [1.54, 1.807) is 0 Å². The highest BCUT2D eigenvalue weighted by molar-refractivity contribution is 7.80. The quantitative estimate of drug-likeness (QED) is 0.625. The largest absolute Gasteiger partial charge is 0.142 e. The fraction of sp³-hybridized carbons (Fsp3) is 0.143. The molecule has 1 aliphatic carbocycles. The van der Waals surface area contributed by atoms with Gasteiger partial charge in [0.15, 0.2) is 0 Å². The molecule has 0 nitrogen and oxygen atoms in total. The summed E-state index contributed by atoms with van der Waals surface area (Å²) < 4.78 is 0. The first-order valence-corrected chi connectivity index (χ1v) is 5.71.